The van der Waals surface area contributed by atoms with E-state index in [1.165, 1.54) is 5.56 Å². The Kier molecular flexibility index (Phi) is 6.57. The number of aryl methyl sites for hydroxylation is 1. The lowest BCUT2D eigenvalue weighted by Gasteiger charge is -2.11. The molecule has 3 rings (SSSR count). The van der Waals surface area contributed by atoms with Gasteiger partial charge in [0.1, 0.15) is 11.4 Å². The second-order valence-corrected chi connectivity index (χ2v) is 6.38. The van der Waals surface area contributed by atoms with Crippen LogP contribution in [0.4, 0.5) is 5.95 Å². The molecule has 0 spiro atoms. The zero-order valence-corrected chi connectivity index (χ0v) is 16.1. The van der Waals surface area contributed by atoms with Gasteiger partial charge < -0.3 is 15.4 Å². The largest absolute Gasteiger partial charge is 0.496 e. The number of amides is 1. The van der Waals surface area contributed by atoms with Gasteiger partial charge >= 0.3 is 0 Å². The fourth-order valence-corrected chi connectivity index (χ4v) is 2.84. The molecule has 2 aromatic carbocycles. The topological polar surface area (TPSA) is 76.1 Å². The molecule has 0 aliphatic heterocycles. The number of ether oxygens (including phenoxy) is 1. The quantitative estimate of drug-likeness (QED) is 0.630. The number of carbonyl (C=O) groups excluding carboxylic acids is 1. The maximum Gasteiger partial charge on any atom is 0.270 e. The summed E-state index contributed by atoms with van der Waals surface area (Å²) in [7, 11) is 1.64. The van der Waals surface area contributed by atoms with Gasteiger partial charge in [0.2, 0.25) is 5.95 Å². The molecule has 3 aromatic rings. The van der Waals surface area contributed by atoms with Gasteiger partial charge in [-0.05, 0) is 31.0 Å². The maximum atomic E-state index is 12.5. The summed E-state index contributed by atoms with van der Waals surface area (Å²) in [4.78, 5) is 21.2. The molecule has 1 aromatic heterocycles. The van der Waals surface area contributed by atoms with Crippen LogP contribution in [0.1, 0.15) is 27.3 Å². The Labute approximate surface area is 165 Å². The SMILES string of the molecule is COc1ccccc1CNc1nc(C)cc(C(=O)NCCc2ccccc2)n1. The predicted molar refractivity (Wildman–Crippen MR) is 110 cm³/mol. The van der Waals surface area contributed by atoms with E-state index < -0.39 is 0 Å². The second kappa shape index (κ2) is 9.50. The number of anilines is 1. The summed E-state index contributed by atoms with van der Waals surface area (Å²) in [5.41, 5.74) is 3.25. The third kappa shape index (κ3) is 5.30. The lowest BCUT2D eigenvalue weighted by atomic mass is 10.1. The van der Waals surface area contributed by atoms with Crippen LogP contribution in [0.3, 0.4) is 0 Å². The van der Waals surface area contributed by atoms with Crippen molar-refractivity contribution in [1.82, 2.24) is 15.3 Å². The van der Waals surface area contributed by atoms with Crippen molar-refractivity contribution in [3.63, 3.8) is 0 Å². The van der Waals surface area contributed by atoms with Crippen LogP contribution in [0.2, 0.25) is 0 Å². The Morgan fingerprint density at radius 1 is 1.04 bits per heavy atom. The summed E-state index contributed by atoms with van der Waals surface area (Å²) in [5.74, 6) is 1.00. The highest BCUT2D eigenvalue weighted by atomic mass is 16.5. The molecule has 28 heavy (non-hydrogen) atoms. The number of benzene rings is 2. The van der Waals surface area contributed by atoms with Gasteiger partial charge in [0.05, 0.1) is 7.11 Å². The minimum atomic E-state index is -0.207. The summed E-state index contributed by atoms with van der Waals surface area (Å²) >= 11 is 0. The first-order valence-electron chi connectivity index (χ1n) is 9.19. The van der Waals surface area contributed by atoms with E-state index in [0.717, 1.165) is 23.4 Å². The molecular weight excluding hydrogens is 352 g/mol. The number of para-hydroxylation sites is 1. The molecule has 0 saturated carbocycles. The van der Waals surface area contributed by atoms with E-state index in [0.29, 0.717) is 24.7 Å². The van der Waals surface area contributed by atoms with Crippen LogP contribution in [0.15, 0.2) is 60.7 Å². The van der Waals surface area contributed by atoms with Crippen LogP contribution >= 0.6 is 0 Å². The van der Waals surface area contributed by atoms with Gasteiger partial charge in [0.15, 0.2) is 0 Å². The van der Waals surface area contributed by atoms with Crippen LogP contribution in [-0.2, 0) is 13.0 Å². The van der Waals surface area contributed by atoms with E-state index in [4.69, 9.17) is 4.74 Å². The molecule has 1 heterocycles. The van der Waals surface area contributed by atoms with E-state index in [2.05, 4.69) is 20.6 Å². The number of carbonyl (C=O) groups is 1. The standard InChI is InChI=1S/C22H24N4O2/c1-16-14-19(21(27)23-13-12-17-8-4-3-5-9-17)26-22(25-16)24-15-18-10-6-7-11-20(18)28-2/h3-11,14H,12-13,15H2,1-2H3,(H,23,27)(H,24,25,26). The second-order valence-electron chi connectivity index (χ2n) is 6.38. The van der Waals surface area contributed by atoms with Gasteiger partial charge in [0.25, 0.3) is 5.91 Å². The lowest BCUT2D eigenvalue weighted by molar-refractivity contribution is 0.0949. The average molecular weight is 376 g/mol. The smallest absolute Gasteiger partial charge is 0.270 e. The lowest BCUT2D eigenvalue weighted by Crippen LogP contribution is -2.27. The summed E-state index contributed by atoms with van der Waals surface area (Å²) < 4.78 is 5.36. The van der Waals surface area contributed by atoms with Crippen molar-refractivity contribution in [3.05, 3.63) is 83.2 Å². The van der Waals surface area contributed by atoms with Crippen LogP contribution in [0, 0.1) is 6.92 Å². The third-order valence-corrected chi connectivity index (χ3v) is 4.26. The average Bonchev–Trinajstić information content (AvgIpc) is 2.72. The number of nitrogens with zero attached hydrogens (tertiary/aromatic N) is 2. The molecule has 0 unspecified atom stereocenters. The molecule has 0 fully saturated rings. The molecule has 2 N–H and O–H groups in total. The Bertz CT molecular complexity index is 929. The van der Waals surface area contributed by atoms with Gasteiger partial charge in [-0.15, -0.1) is 0 Å². The van der Waals surface area contributed by atoms with Crippen molar-refractivity contribution in [2.45, 2.75) is 19.9 Å². The van der Waals surface area contributed by atoms with Crippen LogP contribution < -0.4 is 15.4 Å². The van der Waals surface area contributed by atoms with Crippen molar-refractivity contribution in [1.29, 1.82) is 0 Å². The van der Waals surface area contributed by atoms with Crippen molar-refractivity contribution in [2.75, 3.05) is 19.0 Å². The number of hydrogen-bond acceptors (Lipinski definition) is 5. The molecule has 1 amide bonds. The van der Waals surface area contributed by atoms with Crippen molar-refractivity contribution < 1.29 is 9.53 Å². The summed E-state index contributed by atoms with van der Waals surface area (Å²) in [5, 5.41) is 6.09. The molecule has 0 radical (unpaired) electrons. The highest BCUT2D eigenvalue weighted by Crippen LogP contribution is 2.18. The van der Waals surface area contributed by atoms with E-state index in [-0.39, 0.29) is 5.91 Å². The van der Waals surface area contributed by atoms with E-state index in [1.54, 1.807) is 13.2 Å². The van der Waals surface area contributed by atoms with Gasteiger partial charge in [0, 0.05) is 24.3 Å². The highest BCUT2D eigenvalue weighted by Gasteiger charge is 2.11. The van der Waals surface area contributed by atoms with Crippen LogP contribution in [0.25, 0.3) is 0 Å². The van der Waals surface area contributed by atoms with E-state index >= 15 is 0 Å². The first kappa shape index (κ1) is 19.4. The Balaban J connectivity index is 1.61. The first-order chi connectivity index (χ1) is 13.7. The van der Waals surface area contributed by atoms with Gasteiger partial charge in [-0.2, -0.15) is 0 Å². The maximum absolute atomic E-state index is 12.5. The summed E-state index contributed by atoms with van der Waals surface area (Å²) in [6.07, 6.45) is 0.773. The number of rotatable bonds is 8. The zero-order chi connectivity index (χ0) is 19.8. The fraction of sp³-hybridized carbons (Fsp3) is 0.227. The van der Waals surface area contributed by atoms with Crippen molar-refractivity contribution in [3.8, 4) is 5.75 Å². The zero-order valence-electron chi connectivity index (χ0n) is 16.1. The van der Waals surface area contributed by atoms with Crippen LogP contribution in [-0.4, -0.2) is 29.5 Å². The van der Waals surface area contributed by atoms with Crippen molar-refractivity contribution in [2.24, 2.45) is 0 Å². The number of hydrogen-bond donors (Lipinski definition) is 2. The monoisotopic (exact) mass is 376 g/mol. The van der Waals surface area contributed by atoms with Gasteiger partial charge in [-0.3, -0.25) is 4.79 Å². The predicted octanol–water partition coefficient (Wildman–Crippen LogP) is 3.38. The number of methoxy groups -OCH3 is 1. The minimum Gasteiger partial charge on any atom is -0.496 e. The third-order valence-electron chi connectivity index (χ3n) is 4.26. The Morgan fingerprint density at radius 2 is 1.79 bits per heavy atom. The molecule has 6 heteroatoms. The summed E-state index contributed by atoms with van der Waals surface area (Å²) in [6.45, 7) is 2.90. The van der Waals surface area contributed by atoms with Gasteiger partial charge in [-0.25, -0.2) is 9.97 Å². The van der Waals surface area contributed by atoms with E-state index in [9.17, 15) is 4.79 Å². The van der Waals surface area contributed by atoms with Crippen LogP contribution in [0.5, 0.6) is 5.75 Å². The molecule has 0 atom stereocenters. The van der Waals surface area contributed by atoms with Crippen molar-refractivity contribution >= 4 is 11.9 Å². The molecule has 0 aliphatic carbocycles. The fourth-order valence-electron chi connectivity index (χ4n) is 2.84. The first-order valence-corrected chi connectivity index (χ1v) is 9.19. The van der Waals surface area contributed by atoms with Gasteiger partial charge in [-0.1, -0.05) is 48.5 Å². The molecular formula is C22H24N4O2. The molecule has 0 saturated heterocycles. The number of aromatic nitrogens is 2. The number of nitrogens with one attached hydrogen (secondary N) is 2. The molecule has 0 aliphatic rings. The Morgan fingerprint density at radius 3 is 2.57 bits per heavy atom. The minimum absolute atomic E-state index is 0.207. The molecule has 144 valence electrons. The molecule has 0 bridgehead atoms. The summed E-state index contributed by atoms with van der Waals surface area (Å²) in [6, 6.07) is 19.5. The molecule has 6 nitrogen and oxygen atoms in total. The van der Waals surface area contributed by atoms with E-state index in [1.807, 2.05) is 61.5 Å². The highest BCUT2D eigenvalue weighted by molar-refractivity contribution is 5.92. The normalized spacial score (nSPS) is 10.4. The Hall–Kier alpha value is -3.41.